The molecule has 0 radical (unpaired) electrons. The monoisotopic (exact) mass is 376 g/mol. The second kappa shape index (κ2) is 8.52. The average Bonchev–Trinajstić information content (AvgIpc) is 2.65. The molecular formula is C22H24N4O2. The fourth-order valence-electron chi connectivity index (χ4n) is 2.80. The number of ether oxygens (including phenoxy) is 1. The van der Waals surface area contributed by atoms with Crippen LogP contribution in [0.3, 0.4) is 0 Å². The van der Waals surface area contributed by atoms with Crippen molar-refractivity contribution in [3.63, 3.8) is 0 Å². The van der Waals surface area contributed by atoms with E-state index in [2.05, 4.69) is 38.8 Å². The van der Waals surface area contributed by atoms with E-state index in [4.69, 9.17) is 4.74 Å². The molecule has 1 aromatic heterocycles. The molecule has 3 rings (SSSR count). The van der Waals surface area contributed by atoms with Gasteiger partial charge in [0.2, 0.25) is 5.95 Å². The highest BCUT2D eigenvalue weighted by Gasteiger charge is 2.13. The largest absolute Gasteiger partial charge is 0.462 e. The molecule has 2 N–H and O–H groups in total. The van der Waals surface area contributed by atoms with Crippen molar-refractivity contribution in [2.24, 2.45) is 0 Å². The fourth-order valence-corrected chi connectivity index (χ4v) is 2.80. The minimum absolute atomic E-state index is 0.323. The van der Waals surface area contributed by atoms with Crippen molar-refractivity contribution >= 4 is 29.1 Å². The molecule has 3 aromatic rings. The van der Waals surface area contributed by atoms with Gasteiger partial charge >= 0.3 is 5.97 Å². The fraction of sp³-hybridized carbons (Fsp3) is 0.227. The maximum absolute atomic E-state index is 12.2. The molecule has 0 saturated heterocycles. The maximum Gasteiger partial charge on any atom is 0.340 e. The standard InChI is InChI=1S/C22H24N4O2/c1-5-28-21(27)17-8-6-7-9-18(17)24-20-13-16(4)23-22(26-20)25-19-12-14(2)10-11-15(19)3/h6-13H,5H2,1-4H3,(H2,23,24,25,26). The molecule has 0 aliphatic carbocycles. The van der Waals surface area contributed by atoms with Crippen molar-refractivity contribution in [3.05, 3.63) is 70.9 Å². The van der Waals surface area contributed by atoms with Crippen LogP contribution in [0.2, 0.25) is 0 Å². The summed E-state index contributed by atoms with van der Waals surface area (Å²) >= 11 is 0. The number of hydrogen-bond acceptors (Lipinski definition) is 6. The lowest BCUT2D eigenvalue weighted by Gasteiger charge is -2.13. The van der Waals surface area contributed by atoms with Crippen LogP contribution in [0.25, 0.3) is 0 Å². The van der Waals surface area contributed by atoms with E-state index in [9.17, 15) is 4.79 Å². The molecule has 0 saturated carbocycles. The van der Waals surface area contributed by atoms with Crippen LogP contribution in [0, 0.1) is 20.8 Å². The minimum atomic E-state index is -0.370. The van der Waals surface area contributed by atoms with Crippen molar-refractivity contribution in [1.82, 2.24) is 9.97 Å². The van der Waals surface area contributed by atoms with E-state index in [-0.39, 0.29) is 5.97 Å². The second-order valence-electron chi connectivity index (χ2n) is 6.55. The Morgan fingerprint density at radius 3 is 2.54 bits per heavy atom. The smallest absolute Gasteiger partial charge is 0.340 e. The van der Waals surface area contributed by atoms with Crippen LogP contribution in [0.15, 0.2) is 48.5 Å². The number of nitrogens with one attached hydrogen (secondary N) is 2. The number of hydrogen-bond donors (Lipinski definition) is 2. The van der Waals surface area contributed by atoms with E-state index < -0.39 is 0 Å². The van der Waals surface area contributed by atoms with Crippen LogP contribution in [-0.4, -0.2) is 22.5 Å². The van der Waals surface area contributed by atoms with Crippen LogP contribution in [0.1, 0.15) is 34.1 Å². The van der Waals surface area contributed by atoms with Gasteiger partial charge in [-0.05, 0) is 57.0 Å². The molecule has 0 unspecified atom stereocenters. The summed E-state index contributed by atoms with van der Waals surface area (Å²) in [4.78, 5) is 21.2. The third-order valence-electron chi connectivity index (χ3n) is 4.18. The lowest BCUT2D eigenvalue weighted by molar-refractivity contribution is 0.0527. The number of anilines is 4. The third kappa shape index (κ3) is 4.65. The molecule has 1 heterocycles. The molecule has 0 spiro atoms. The first-order valence-corrected chi connectivity index (χ1v) is 9.19. The van der Waals surface area contributed by atoms with Gasteiger partial charge in [-0.25, -0.2) is 9.78 Å². The lowest BCUT2D eigenvalue weighted by atomic mass is 10.1. The molecule has 6 heteroatoms. The van der Waals surface area contributed by atoms with Crippen molar-refractivity contribution in [2.45, 2.75) is 27.7 Å². The highest BCUT2D eigenvalue weighted by Crippen LogP contribution is 2.24. The average molecular weight is 376 g/mol. The summed E-state index contributed by atoms with van der Waals surface area (Å²) < 4.78 is 5.13. The van der Waals surface area contributed by atoms with Crippen molar-refractivity contribution < 1.29 is 9.53 Å². The van der Waals surface area contributed by atoms with Gasteiger partial charge < -0.3 is 15.4 Å². The van der Waals surface area contributed by atoms with Crippen LogP contribution >= 0.6 is 0 Å². The Morgan fingerprint density at radius 1 is 0.964 bits per heavy atom. The first-order chi connectivity index (χ1) is 13.5. The molecule has 0 bridgehead atoms. The Labute approximate surface area is 165 Å². The van der Waals surface area contributed by atoms with Gasteiger partial charge in [-0.15, -0.1) is 0 Å². The Morgan fingerprint density at radius 2 is 1.75 bits per heavy atom. The Balaban J connectivity index is 1.89. The van der Waals surface area contributed by atoms with Crippen molar-refractivity contribution in [2.75, 3.05) is 17.2 Å². The van der Waals surface area contributed by atoms with E-state index in [0.29, 0.717) is 29.6 Å². The number of rotatable bonds is 6. The van der Waals surface area contributed by atoms with Gasteiger partial charge in [0, 0.05) is 17.4 Å². The summed E-state index contributed by atoms with van der Waals surface area (Å²) in [6.07, 6.45) is 0. The topological polar surface area (TPSA) is 76.1 Å². The van der Waals surface area contributed by atoms with Crippen molar-refractivity contribution in [1.29, 1.82) is 0 Å². The number of aryl methyl sites for hydroxylation is 3. The van der Waals surface area contributed by atoms with Gasteiger partial charge in [0.25, 0.3) is 0 Å². The molecule has 0 aliphatic heterocycles. The highest BCUT2D eigenvalue weighted by molar-refractivity contribution is 5.96. The van der Waals surface area contributed by atoms with E-state index in [1.165, 1.54) is 0 Å². The first-order valence-electron chi connectivity index (χ1n) is 9.19. The minimum Gasteiger partial charge on any atom is -0.462 e. The van der Waals surface area contributed by atoms with Gasteiger partial charge in [0.05, 0.1) is 17.9 Å². The van der Waals surface area contributed by atoms with E-state index >= 15 is 0 Å². The zero-order valence-corrected chi connectivity index (χ0v) is 16.5. The van der Waals surface area contributed by atoms with Crippen molar-refractivity contribution in [3.8, 4) is 0 Å². The van der Waals surface area contributed by atoms with Crippen LogP contribution in [0.5, 0.6) is 0 Å². The number of carbonyl (C=O) groups excluding carboxylic acids is 1. The third-order valence-corrected chi connectivity index (χ3v) is 4.18. The van der Waals surface area contributed by atoms with E-state index in [1.807, 2.05) is 39.0 Å². The zero-order valence-electron chi connectivity index (χ0n) is 16.5. The normalized spacial score (nSPS) is 10.4. The predicted molar refractivity (Wildman–Crippen MR) is 112 cm³/mol. The second-order valence-corrected chi connectivity index (χ2v) is 6.55. The summed E-state index contributed by atoms with van der Waals surface area (Å²) in [5.74, 6) is 0.715. The molecular weight excluding hydrogens is 352 g/mol. The molecule has 28 heavy (non-hydrogen) atoms. The number of carbonyl (C=O) groups is 1. The predicted octanol–water partition coefficient (Wildman–Crippen LogP) is 5.07. The SMILES string of the molecule is CCOC(=O)c1ccccc1Nc1cc(C)nc(Nc2cc(C)ccc2C)n1. The number of nitrogens with zero attached hydrogens (tertiary/aromatic N) is 2. The Hall–Kier alpha value is -3.41. The van der Waals surface area contributed by atoms with Gasteiger partial charge in [0.15, 0.2) is 0 Å². The summed E-state index contributed by atoms with van der Waals surface area (Å²) in [7, 11) is 0. The highest BCUT2D eigenvalue weighted by atomic mass is 16.5. The van der Waals surface area contributed by atoms with E-state index in [1.54, 1.807) is 19.1 Å². The first kappa shape index (κ1) is 19.4. The summed E-state index contributed by atoms with van der Waals surface area (Å²) in [5.41, 5.74) is 5.13. The Kier molecular flexibility index (Phi) is 5.89. The number of esters is 1. The van der Waals surface area contributed by atoms with Gasteiger partial charge in [-0.2, -0.15) is 4.98 Å². The van der Waals surface area contributed by atoms with Crippen LogP contribution in [-0.2, 0) is 4.74 Å². The molecule has 2 aromatic carbocycles. The number of benzene rings is 2. The molecule has 144 valence electrons. The molecule has 0 amide bonds. The molecule has 0 atom stereocenters. The summed E-state index contributed by atoms with van der Waals surface area (Å²) in [6, 6.07) is 15.2. The van der Waals surface area contributed by atoms with Crippen LogP contribution < -0.4 is 10.6 Å². The number of aromatic nitrogens is 2. The summed E-state index contributed by atoms with van der Waals surface area (Å²) in [5, 5.41) is 6.50. The lowest BCUT2D eigenvalue weighted by Crippen LogP contribution is -2.09. The molecule has 0 fully saturated rings. The van der Waals surface area contributed by atoms with Crippen LogP contribution in [0.4, 0.5) is 23.1 Å². The van der Waals surface area contributed by atoms with Gasteiger partial charge in [-0.3, -0.25) is 0 Å². The zero-order chi connectivity index (χ0) is 20.1. The quantitative estimate of drug-likeness (QED) is 0.585. The molecule has 6 nitrogen and oxygen atoms in total. The number of para-hydroxylation sites is 1. The van der Waals surface area contributed by atoms with Gasteiger partial charge in [0.1, 0.15) is 5.82 Å². The maximum atomic E-state index is 12.2. The summed E-state index contributed by atoms with van der Waals surface area (Å²) in [6.45, 7) is 8.09. The van der Waals surface area contributed by atoms with Gasteiger partial charge in [-0.1, -0.05) is 24.3 Å². The Bertz CT molecular complexity index is 1000. The van der Waals surface area contributed by atoms with E-state index in [0.717, 1.165) is 22.5 Å². The molecule has 0 aliphatic rings.